The van der Waals surface area contributed by atoms with Crippen LogP contribution in [-0.4, -0.2) is 7.11 Å². The van der Waals surface area contributed by atoms with E-state index in [1.807, 2.05) is 37.3 Å². The fourth-order valence-corrected chi connectivity index (χ4v) is 1.41. The van der Waals surface area contributed by atoms with Gasteiger partial charge in [-0.15, -0.1) is 0 Å². The van der Waals surface area contributed by atoms with E-state index in [-0.39, 0.29) is 0 Å². The molecule has 2 nitrogen and oxygen atoms in total. The first kappa shape index (κ1) is 13.1. The van der Waals surface area contributed by atoms with Crippen molar-refractivity contribution in [1.29, 1.82) is 0 Å². The van der Waals surface area contributed by atoms with E-state index in [0.29, 0.717) is 0 Å². The van der Waals surface area contributed by atoms with Crippen molar-refractivity contribution < 1.29 is 4.74 Å². The van der Waals surface area contributed by atoms with E-state index in [2.05, 4.69) is 18.5 Å². The molecule has 0 fully saturated rings. The molecule has 1 aromatic carbocycles. The molecule has 0 spiro atoms. The van der Waals surface area contributed by atoms with Gasteiger partial charge in [-0.2, -0.15) is 0 Å². The smallest absolute Gasteiger partial charge is 0.118 e. The van der Waals surface area contributed by atoms with Gasteiger partial charge in [0.15, 0.2) is 0 Å². The SMILES string of the molecule is C=C/C=C(/NCc1ccc(OC)cc1)C(=C)C. The average molecular weight is 229 g/mol. The third-order valence-corrected chi connectivity index (χ3v) is 2.39. The van der Waals surface area contributed by atoms with Crippen LogP contribution in [0.1, 0.15) is 12.5 Å². The minimum Gasteiger partial charge on any atom is -0.497 e. The van der Waals surface area contributed by atoms with Crippen LogP contribution in [0.2, 0.25) is 0 Å². The van der Waals surface area contributed by atoms with Crippen LogP contribution >= 0.6 is 0 Å². The molecule has 2 heteroatoms. The lowest BCUT2D eigenvalue weighted by Gasteiger charge is -2.10. The van der Waals surface area contributed by atoms with E-state index in [9.17, 15) is 0 Å². The van der Waals surface area contributed by atoms with Gasteiger partial charge in [0.25, 0.3) is 0 Å². The van der Waals surface area contributed by atoms with Crippen LogP contribution in [-0.2, 0) is 6.54 Å². The van der Waals surface area contributed by atoms with Crippen LogP contribution in [0.25, 0.3) is 0 Å². The molecule has 1 aromatic rings. The Morgan fingerprint density at radius 3 is 2.47 bits per heavy atom. The van der Waals surface area contributed by atoms with Crippen LogP contribution in [0.5, 0.6) is 5.75 Å². The van der Waals surface area contributed by atoms with Crippen LogP contribution in [0.15, 0.2) is 60.8 Å². The molecule has 0 aliphatic carbocycles. The van der Waals surface area contributed by atoms with Crippen LogP contribution in [0.3, 0.4) is 0 Å². The van der Waals surface area contributed by atoms with Crippen LogP contribution in [0.4, 0.5) is 0 Å². The molecule has 0 atom stereocenters. The minimum absolute atomic E-state index is 0.760. The third-order valence-electron chi connectivity index (χ3n) is 2.39. The van der Waals surface area contributed by atoms with Crippen molar-refractivity contribution >= 4 is 0 Å². The fourth-order valence-electron chi connectivity index (χ4n) is 1.41. The Hall–Kier alpha value is -1.96. The van der Waals surface area contributed by atoms with Crippen molar-refractivity contribution in [2.45, 2.75) is 13.5 Å². The normalized spacial score (nSPS) is 10.8. The summed E-state index contributed by atoms with van der Waals surface area (Å²) in [4.78, 5) is 0. The molecule has 0 aliphatic heterocycles. The van der Waals surface area contributed by atoms with Gasteiger partial charge in [0.05, 0.1) is 7.11 Å². The number of rotatable bonds is 6. The highest BCUT2D eigenvalue weighted by molar-refractivity contribution is 5.30. The second-order valence-corrected chi connectivity index (χ2v) is 3.80. The van der Waals surface area contributed by atoms with E-state index in [1.165, 1.54) is 5.56 Å². The van der Waals surface area contributed by atoms with Crippen molar-refractivity contribution in [2.24, 2.45) is 0 Å². The summed E-state index contributed by atoms with van der Waals surface area (Å²) in [7, 11) is 1.67. The molecule has 0 unspecified atom stereocenters. The number of ether oxygens (including phenoxy) is 1. The van der Waals surface area contributed by atoms with Crippen molar-refractivity contribution in [3.63, 3.8) is 0 Å². The zero-order valence-corrected chi connectivity index (χ0v) is 10.5. The fraction of sp³-hybridized carbons (Fsp3) is 0.200. The molecular weight excluding hydrogens is 210 g/mol. The number of benzene rings is 1. The maximum atomic E-state index is 5.11. The number of hydrogen-bond acceptors (Lipinski definition) is 2. The largest absolute Gasteiger partial charge is 0.497 e. The second-order valence-electron chi connectivity index (χ2n) is 3.80. The van der Waals surface area contributed by atoms with Gasteiger partial charge < -0.3 is 10.1 Å². The number of nitrogens with one attached hydrogen (secondary N) is 1. The highest BCUT2D eigenvalue weighted by atomic mass is 16.5. The number of hydrogen-bond donors (Lipinski definition) is 1. The molecule has 0 radical (unpaired) electrons. The average Bonchev–Trinajstić information content (AvgIpc) is 2.34. The van der Waals surface area contributed by atoms with Gasteiger partial charge in [-0.1, -0.05) is 31.4 Å². The Morgan fingerprint density at radius 1 is 1.35 bits per heavy atom. The van der Waals surface area contributed by atoms with Crippen LogP contribution < -0.4 is 10.1 Å². The molecule has 1 N–H and O–H groups in total. The number of methoxy groups -OCH3 is 1. The molecule has 0 saturated heterocycles. The van der Waals surface area contributed by atoms with E-state index < -0.39 is 0 Å². The molecule has 17 heavy (non-hydrogen) atoms. The van der Waals surface area contributed by atoms with Crippen molar-refractivity contribution in [2.75, 3.05) is 7.11 Å². The molecule has 1 rings (SSSR count). The topological polar surface area (TPSA) is 21.3 Å². The third kappa shape index (κ3) is 4.19. The molecule has 0 bridgehead atoms. The maximum absolute atomic E-state index is 5.11. The minimum atomic E-state index is 0.760. The summed E-state index contributed by atoms with van der Waals surface area (Å²) < 4.78 is 5.11. The Labute approximate surface area is 103 Å². The van der Waals surface area contributed by atoms with E-state index >= 15 is 0 Å². The Balaban J connectivity index is 2.62. The standard InChI is InChI=1S/C15H19NO/c1-5-6-15(12(2)3)16-11-13-7-9-14(17-4)10-8-13/h5-10,16H,1-2,11H2,3-4H3/b15-6+. The van der Waals surface area contributed by atoms with Crippen LogP contribution in [0, 0.1) is 0 Å². The summed E-state index contributed by atoms with van der Waals surface area (Å²) >= 11 is 0. The Bertz CT molecular complexity index is 415. The van der Waals surface area contributed by atoms with Crippen molar-refractivity contribution in [1.82, 2.24) is 5.32 Å². The Kier molecular flexibility index (Phi) is 5.08. The number of allylic oxidation sites excluding steroid dienone is 3. The highest BCUT2D eigenvalue weighted by Gasteiger charge is 1.98. The molecule has 0 aliphatic rings. The van der Waals surface area contributed by atoms with Gasteiger partial charge in [-0.3, -0.25) is 0 Å². The summed E-state index contributed by atoms with van der Waals surface area (Å²) in [5, 5.41) is 3.32. The molecule has 0 saturated carbocycles. The highest BCUT2D eigenvalue weighted by Crippen LogP contribution is 2.12. The van der Waals surface area contributed by atoms with Gasteiger partial charge in [0, 0.05) is 12.2 Å². The Morgan fingerprint density at radius 2 is 2.00 bits per heavy atom. The monoisotopic (exact) mass is 229 g/mol. The predicted molar refractivity (Wildman–Crippen MR) is 72.9 cm³/mol. The molecule has 0 heterocycles. The first-order valence-corrected chi connectivity index (χ1v) is 5.52. The summed E-state index contributed by atoms with van der Waals surface area (Å²) in [6.07, 6.45) is 3.68. The molecule has 0 amide bonds. The van der Waals surface area contributed by atoms with Crippen molar-refractivity contribution in [3.8, 4) is 5.75 Å². The van der Waals surface area contributed by atoms with Gasteiger partial charge in [0.2, 0.25) is 0 Å². The molecular formula is C15H19NO. The summed E-state index contributed by atoms with van der Waals surface area (Å²) in [6.45, 7) is 10.3. The lowest BCUT2D eigenvalue weighted by Crippen LogP contribution is -2.13. The van der Waals surface area contributed by atoms with Crippen molar-refractivity contribution in [3.05, 3.63) is 66.4 Å². The summed E-state index contributed by atoms with van der Waals surface area (Å²) in [6, 6.07) is 7.98. The van der Waals surface area contributed by atoms with Gasteiger partial charge in [-0.25, -0.2) is 0 Å². The molecule has 90 valence electrons. The zero-order chi connectivity index (χ0) is 12.7. The molecule has 0 aromatic heterocycles. The van der Waals surface area contributed by atoms with Gasteiger partial charge >= 0.3 is 0 Å². The zero-order valence-electron chi connectivity index (χ0n) is 10.5. The van der Waals surface area contributed by atoms with E-state index in [4.69, 9.17) is 4.74 Å². The second kappa shape index (κ2) is 6.59. The maximum Gasteiger partial charge on any atom is 0.118 e. The van der Waals surface area contributed by atoms with E-state index in [0.717, 1.165) is 23.6 Å². The van der Waals surface area contributed by atoms with E-state index in [1.54, 1.807) is 13.2 Å². The summed E-state index contributed by atoms with van der Waals surface area (Å²) in [5.74, 6) is 0.871. The quantitative estimate of drug-likeness (QED) is 0.755. The first-order valence-electron chi connectivity index (χ1n) is 5.52. The summed E-state index contributed by atoms with van der Waals surface area (Å²) in [5.41, 5.74) is 3.20. The lowest BCUT2D eigenvalue weighted by molar-refractivity contribution is 0.414. The van der Waals surface area contributed by atoms with Gasteiger partial charge in [-0.05, 0) is 36.3 Å². The first-order chi connectivity index (χ1) is 8.17. The lowest BCUT2D eigenvalue weighted by atomic mass is 10.2. The predicted octanol–water partition coefficient (Wildman–Crippen LogP) is 3.43. The van der Waals surface area contributed by atoms with Gasteiger partial charge in [0.1, 0.15) is 5.75 Å².